The SMILES string of the molecule is CCC(C)c1cc(-c2cscc2C)n[nH]1. The van der Waals surface area contributed by atoms with Gasteiger partial charge in [-0.2, -0.15) is 16.4 Å². The van der Waals surface area contributed by atoms with E-state index in [-0.39, 0.29) is 0 Å². The van der Waals surface area contributed by atoms with Crippen LogP contribution < -0.4 is 0 Å². The molecule has 1 N–H and O–H groups in total. The fourth-order valence-electron chi connectivity index (χ4n) is 1.57. The van der Waals surface area contributed by atoms with Crippen LogP contribution in [0, 0.1) is 6.92 Å². The van der Waals surface area contributed by atoms with E-state index in [1.165, 1.54) is 16.8 Å². The number of hydrogen-bond donors (Lipinski definition) is 1. The standard InChI is InChI=1S/C12H16N2S/c1-4-8(2)11-5-12(14-13-11)10-7-15-6-9(10)3/h5-8H,4H2,1-3H3,(H,13,14). The van der Waals surface area contributed by atoms with Crippen molar-refractivity contribution >= 4 is 11.3 Å². The molecule has 2 aromatic heterocycles. The largest absolute Gasteiger partial charge is 0.282 e. The summed E-state index contributed by atoms with van der Waals surface area (Å²) >= 11 is 1.73. The highest BCUT2D eigenvalue weighted by molar-refractivity contribution is 7.08. The highest BCUT2D eigenvalue weighted by Gasteiger charge is 2.10. The maximum Gasteiger partial charge on any atom is 0.0934 e. The second-order valence-corrected chi connectivity index (χ2v) is 4.73. The van der Waals surface area contributed by atoms with Crippen LogP contribution in [0.1, 0.15) is 37.4 Å². The van der Waals surface area contributed by atoms with Gasteiger partial charge >= 0.3 is 0 Å². The highest BCUT2D eigenvalue weighted by Crippen LogP contribution is 2.27. The Morgan fingerprint density at radius 1 is 1.47 bits per heavy atom. The van der Waals surface area contributed by atoms with Gasteiger partial charge in [0.1, 0.15) is 0 Å². The lowest BCUT2D eigenvalue weighted by Crippen LogP contribution is -1.90. The summed E-state index contributed by atoms with van der Waals surface area (Å²) in [7, 11) is 0. The molecule has 0 bridgehead atoms. The van der Waals surface area contributed by atoms with Crippen molar-refractivity contribution in [3.63, 3.8) is 0 Å². The molecule has 0 aliphatic carbocycles. The highest BCUT2D eigenvalue weighted by atomic mass is 32.1. The quantitative estimate of drug-likeness (QED) is 0.833. The molecule has 2 heterocycles. The first-order chi connectivity index (χ1) is 7.22. The molecule has 1 atom stereocenters. The van der Waals surface area contributed by atoms with Crippen molar-refractivity contribution in [3.8, 4) is 11.3 Å². The molecule has 0 aliphatic heterocycles. The number of aryl methyl sites for hydroxylation is 1. The van der Waals surface area contributed by atoms with E-state index in [9.17, 15) is 0 Å². The fraction of sp³-hybridized carbons (Fsp3) is 0.417. The number of rotatable bonds is 3. The smallest absolute Gasteiger partial charge is 0.0934 e. The molecule has 2 rings (SSSR count). The Hall–Kier alpha value is -1.09. The van der Waals surface area contributed by atoms with Gasteiger partial charge in [0.15, 0.2) is 0 Å². The van der Waals surface area contributed by atoms with Gasteiger partial charge < -0.3 is 0 Å². The average molecular weight is 220 g/mol. The number of aromatic amines is 1. The summed E-state index contributed by atoms with van der Waals surface area (Å²) in [6.07, 6.45) is 1.14. The van der Waals surface area contributed by atoms with Gasteiger partial charge in [0, 0.05) is 16.6 Å². The van der Waals surface area contributed by atoms with Crippen molar-refractivity contribution in [2.24, 2.45) is 0 Å². The van der Waals surface area contributed by atoms with Crippen LogP contribution in [0.15, 0.2) is 16.8 Å². The van der Waals surface area contributed by atoms with Crippen molar-refractivity contribution < 1.29 is 0 Å². The van der Waals surface area contributed by atoms with Crippen LogP contribution in [0.2, 0.25) is 0 Å². The van der Waals surface area contributed by atoms with Crippen LogP contribution in [0.25, 0.3) is 11.3 Å². The summed E-state index contributed by atoms with van der Waals surface area (Å²) in [5.74, 6) is 0.560. The number of nitrogens with zero attached hydrogens (tertiary/aromatic N) is 1. The predicted octanol–water partition coefficient (Wildman–Crippen LogP) is 3.96. The van der Waals surface area contributed by atoms with Gasteiger partial charge in [-0.15, -0.1) is 0 Å². The molecule has 0 aliphatic rings. The Morgan fingerprint density at radius 3 is 2.87 bits per heavy atom. The van der Waals surface area contributed by atoms with E-state index < -0.39 is 0 Å². The molecule has 2 aromatic rings. The molecule has 0 fully saturated rings. The summed E-state index contributed by atoms with van der Waals surface area (Å²) in [4.78, 5) is 0. The third-order valence-electron chi connectivity index (χ3n) is 2.87. The van der Waals surface area contributed by atoms with E-state index in [2.05, 4.69) is 47.8 Å². The molecule has 1 unspecified atom stereocenters. The zero-order valence-electron chi connectivity index (χ0n) is 9.37. The first-order valence-electron chi connectivity index (χ1n) is 5.30. The molecule has 0 radical (unpaired) electrons. The van der Waals surface area contributed by atoms with Crippen molar-refractivity contribution in [1.82, 2.24) is 10.2 Å². The zero-order valence-corrected chi connectivity index (χ0v) is 10.2. The van der Waals surface area contributed by atoms with Crippen LogP contribution in [0.4, 0.5) is 0 Å². The van der Waals surface area contributed by atoms with E-state index in [0.29, 0.717) is 5.92 Å². The van der Waals surface area contributed by atoms with E-state index >= 15 is 0 Å². The molecule has 0 amide bonds. The second-order valence-electron chi connectivity index (χ2n) is 3.99. The first-order valence-corrected chi connectivity index (χ1v) is 6.25. The molecule has 3 heteroatoms. The summed E-state index contributed by atoms with van der Waals surface area (Å²) in [5, 5.41) is 11.8. The van der Waals surface area contributed by atoms with Crippen LogP contribution in [0.5, 0.6) is 0 Å². The molecular formula is C12H16N2S. The summed E-state index contributed by atoms with van der Waals surface area (Å²) in [5.41, 5.74) is 4.87. The van der Waals surface area contributed by atoms with Crippen LogP contribution >= 0.6 is 11.3 Å². The van der Waals surface area contributed by atoms with Gasteiger partial charge in [-0.1, -0.05) is 13.8 Å². The summed E-state index contributed by atoms with van der Waals surface area (Å²) < 4.78 is 0. The van der Waals surface area contributed by atoms with Gasteiger partial charge in [-0.3, -0.25) is 5.10 Å². The number of hydrogen-bond acceptors (Lipinski definition) is 2. The summed E-state index contributed by atoms with van der Waals surface area (Å²) in [6.45, 7) is 6.54. The van der Waals surface area contributed by atoms with E-state index in [0.717, 1.165) is 12.1 Å². The van der Waals surface area contributed by atoms with Gasteiger partial charge in [0.05, 0.1) is 5.69 Å². The Balaban J connectivity index is 2.32. The minimum atomic E-state index is 0.560. The van der Waals surface area contributed by atoms with Crippen molar-refractivity contribution in [2.75, 3.05) is 0 Å². The van der Waals surface area contributed by atoms with Gasteiger partial charge in [0.25, 0.3) is 0 Å². The minimum absolute atomic E-state index is 0.560. The maximum absolute atomic E-state index is 4.37. The molecule has 0 aromatic carbocycles. The topological polar surface area (TPSA) is 28.7 Å². The van der Waals surface area contributed by atoms with Crippen molar-refractivity contribution in [1.29, 1.82) is 0 Å². The van der Waals surface area contributed by atoms with Crippen molar-refractivity contribution in [3.05, 3.63) is 28.1 Å². The maximum atomic E-state index is 4.37. The Morgan fingerprint density at radius 2 is 2.27 bits per heavy atom. The zero-order chi connectivity index (χ0) is 10.8. The third-order valence-corrected chi connectivity index (χ3v) is 3.73. The number of aromatic nitrogens is 2. The lowest BCUT2D eigenvalue weighted by Gasteiger charge is -2.02. The van der Waals surface area contributed by atoms with Gasteiger partial charge in [-0.05, 0) is 36.3 Å². The molecule has 0 saturated carbocycles. The van der Waals surface area contributed by atoms with Gasteiger partial charge in [0.2, 0.25) is 0 Å². The normalized spacial score (nSPS) is 13.0. The second kappa shape index (κ2) is 4.19. The fourth-order valence-corrected chi connectivity index (χ4v) is 2.41. The molecular weight excluding hydrogens is 204 g/mol. The molecule has 0 saturated heterocycles. The van der Waals surface area contributed by atoms with E-state index in [4.69, 9.17) is 0 Å². The molecule has 80 valence electrons. The predicted molar refractivity (Wildman–Crippen MR) is 65.3 cm³/mol. The van der Waals surface area contributed by atoms with Gasteiger partial charge in [-0.25, -0.2) is 0 Å². The molecule has 0 spiro atoms. The number of thiophene rings is 1. The summed E-state index contributed by atoms with van der Waals surface area (Å²) in [6, 6.07) is 2.17. The first kappa shape index (κ1) is 10.4. The van der Waals surface area contributed by atoms with Crippen molar-refractivity contribution in [2.45, 2.75) is 33.1 Å². The molecule has 2 nitrogen and oxygen atoms in total. The van der Waals surface area contributed by atoms with Crippen LogP contribution in [-0.2, 0) is 0 Å². The Bertz CT molecular complexity index is 442. The Kier molecular flexibility index (Phi) is 2.91. The monoisotopic (exact) mass is 220 g/mol. The Labute approximate surface area is 94.4 Å². The average Bonchev–Trinajstić information content (AvgIpc) is 2.84. The lowest BCUT2D eigenvalue weighted by molar-refractivity contribution is 0.703. The van der Waals surface area contributed by atoms with E-state index in [1.807, 2.05) is 0 Å². The number of nitrogens with one attached hydrogen (secondary N) is 1. The lowest BCUT2D eigenvalue weighted by atomic mass is 10.0. The van der Waals surface area contributed by atoms with E-state index in [1.54, 1.807) is 11.3 Å². The minimum Gasteiger partial charge on any atom is -0.282 e. The third kappa shape index (κ3) is 1.97. The molecule has 15 heavy (non-hydrogen) atoms. The number of H-pyrrole nitrogens is 1. The van der Waals surface area contributed by atoms with Crippen LogP contribution in [-0.4, -0.2) is 10.2 Å². The van der Waals surface area contributed by atoms with Crippen LogP contribution in [0.3, 0.4) is 0 Å².